The van der Waals surface area contributed by atoms with Crippen molar-refractivity contribution in [2.24, 2.45) is 0 Å². The fourth-order valence-electron chi connectivity index (χ4n) is 1.16. The lowest BCUT2D eigenvalue weighted by atomic mass is 10.2. The van der Waals surface area contributed by atoms with Crippen LogP contribution in [-0.2, 0) is 9.47 Å². The molecule has 0 atom stereocenters. The summed E-state index contributed by atoms with van der Waals surface area (Å²) in [4.78, 5) is 27.7. The van der Waals surface area contributed by atoms with Crippen molar-refractivity contribution in [1.82, 2.24) is 4.98 Å². The average molecular weight is 298 g/mol. The van der Waals surface area contributed by atoms with Crippen molar-refractivity contribution in [2.75, 3.05) is 26.2 Å². The van der Waals surface area contributed by atoms with Gasteiger partial charge in [-0.25, -0.2) is 14.6 Å². The fourth-order valence-corrected chi connectivity index (χ4v) is 1.16. The molecule has 0 aliphatic carbocycles. The molecule has 1 N–H and O–H groups in total. The molecule has 0 saturated heterocycles. The average Bonchev–Trinajstić information content (AvgIpc) is 2.37. The number of aromatic carboxylic acids is 1. The molecule has 0 aliphatic rings. The van der Waals surface area contributed by atoms with Crippen LogP contribution in [0.4, 0.5) is 10.6 Å². The molecule has 0 saturated carbocycles. The highest BCUT2D eigenvalue weighted by Gasteiger charge is 2.21. The Morgan fingerprint density at radius 3 is 2.24 bits per heavy atom. The molecule has 0 fully saturated rings. The number of nitrogens with zero attached hydrogens (tertiary/aromatic N) is 2. The number of rotatable bonds is 2. The molecular formula is C14H22N2O5. The fraction of sp³-hybridized carbons (Fsp3) is 0.500. The van der Waals surface area contributed by atoms with Crippen LogP contribution in [0.25, 0.3) is 0 Å². The molecule has 7 heteroatoms. The van der Waals surface area contributed by atoms with Gasteiger partial charge in [0.25, 0.3) is 0 Å². The number of carbonyl (C=O) groups is 2. The molecule has 0 spiro atoms. The summed E-state index contributed by atoms with van der Waals surface area (Å²) in [7, 11) is 4.72. The summed E-state index contributed by atoms with van der Waals surface area (Å²) in [6.07, 6.45) is 0.747. The zero-order valence-corrected chi connectivity index (χ0v) is 13.2. The number of amides is 1. The van der Waals surface area contributed by atoms with Crippen molar-refractivity contribution in [2.45, 2.75) is 26.4 Å². The Kier molecular flexibility index (Phi) is 7.37. The predicted molar refractivity (Wildman–Crippen MR) is 78.8 cm³/mol. The highest BCUT2D eigenvalue weighted by atomic mass is 16.6. The number of ether oxygens (including phenoxy) is 2. The lowest BCUT2D eigenvalue weighted by Crippen LogP contribution is -2.34. The first-order valence-corrected chi connectivity index (χ1v) is 6.18. The molecule has 1 amide bonds. The Balaban J connectivity index is 0.00000122. The molecule has 118 valence electrons. The molecule has 0 unspecified atom stereocenters. The van der Waals surface area contributed by atoms with Gasteiger partial charge in [-0.15, -0.1) is 0 Å². The number of anilines is 1. The standard InChI is InChI=1S/C12H16N2O4.C2H6O/c1-12(2,3)18-11(17)14(4)9-7-8(10(15)16)5-6-13-9;1-3-2/h5-7H,1-4H3,(H,15,16);1-2H3. The van der Waals surface area contributed by atoms with Crippen LogP contribution in [0.1, 0.15) is 31.1 Å². The summed E-state index contributed by atoms with van der Waals surface area (Å²) in [6, 6.07) is 2.67. The van der Waals surface area contributed by atoms with Gasteiger partial charge in [-0.3, -0.25) is 4.90 Å². The Morgan fingerprint density at radius 2 is 1.81 bits per heavy atom. The molecule has 1 heterocycles. The number of carboxylic acid groups (broad SMARTS) is 1. The van der Waals surface area contributed by atoms with E-state index in [0.717, 1.165) is 4.90 Å². The highest BCUT2D eigenvalue weighted by molar-refractivity contribution is 5.91. The Hall–Kier alpha value is -2.15. The minimum atomic E-state index is -1.07. The molecule has 1 rings (SSSR count). The molecule has 7 nitrogen and oxygen atoms in total. The lowest BCUT2D eigenvalue weighted by Gasteiger charge is -2.24. The zero-order valence-electron chi connectivity index (χ0n) is 13.2. The normalized spacial score (nSPS) is 10.2. The van der Waals surface area contributed by atoms with Gasteiger partial charge in [0.05, 0.1) is 5.56 Å². The first-order valence-electron chi connectivity index (χ1n) is 6.18. The lowest BCUT2D eigenvalue weighted by molar-refractivity contribution is 0.0586. The topological polar surface area (TPSA) is 89.0 Å². The van der Waals surface area contributed by atoms with Crippen molar-refractivity contribution < 1.29 is 24.2 Å². The van der Waals surface area contributed by atoms with Gasteiger partial charge in [0.15, 0.2) is 0 Å². The third-order valence-corrected chi connectivity index (χ3v) is 2.00. The minimum absolute atomic E-state index is 0.0652. The molecule has 1 aromatic rings. The van der Waals surface area contributed by atoms with Gasteiger partial charge in [0, 0.05) is 27.5 Å². The number of methoxy groups -OCH3 is 1. The summed E-state index contributed by atoms with van der Waals surface area (Å²) in [5.74, 6) is -0.847. The number of carboxylic acids is 1. The van der Waals surface area contributed by atoms with Crippen LogP contribution in [0.5, 0.6) is 0 Å². The van der Waals surface area contributed by atoms with Crippen LogP contribution >= 0.6 is 0 Å². The van der Waals surface area contributed by atoms with Gasteiger partial charge in [-0.05, 0) is 32.9 Å². The first kappa shape index (κ1) is 18.9. The van der Waals surface area contributed by atoms with Crippen molar-refractivity contribution in [3.8, 4) is 0 Å². The van der Waals surface area contributed by atoms with Crippen LogP contribution in [-0.4, -0.2) is 49.0 Å². The maximum atomic E-state index is 11.8. The van der Waals surface area contributed by atoms with Gasteiger partial charge >= 0.3 is 12.1 Å². The SMILES string of the molecule is CN(C(=O)OC(C)(C)C)c1cc(C(=O)O)ccn1.COC. The van der Waals surface area contributed by atoms with Gasteiger partial charge < -0.3 is 14.6 Å². The number of hydrogen-bond donors (Lipinski definition) is 1. The third kappa shape index (κ3) is 7.26. The predicted octanol–water partition coefficient (Wildman–Crippen LogP) is 2.41. The van der Waals surface area contributed by atoms with E-state index >= 15 is 0 Å². The molecule has 1 aromatic heterocycles. The Bertz CT molecular complexity index is 482. The maximum absolute atomic E-state index is 11.8. The zero-order chi connectivity index (χ0) is 16.6. The van der Waals surface area contributed by atoms with E-state index in [4.69, 9.17) is 9.84 Å². The van der Waals surface area contributed by atoms with E-state index in [1.807, 2.05) is 0 Å². The molecule has 0 aromatic carbocycles. The van der Waals surface area contributed by atoms with Crippen molar-refractivity contribution in [1.29, 1.82) is 0 Å². The minimum Gasteiger partial charge on any atom is -0.478 e. The second-order valence-electron chi connectivity index (χ2n) is 5.16. The summed E-state index contributed by atoms with van der Waals surface area (Å²) in [5, 5.41) is 8.85. The van der Waals surface area contributed by atoms with Gasteiger partial charge in [-0.2, -0.15) is 0 Å². The quantitative estimate of drug-likeness (QED) is 0.902. The first-order chi connectivity index (χ1) is 9.62. The maximum Gasteiger partial charge on any atom is 0.415 e. The highest BCUT2D eigenvalue weighted by Crippen LogP contribution is 2.15. The number of hydrogen-bond acceptors (Lipinski definition) is 5. The van der Waals surface area contributed by atoms with Gasteiger partial charge in [-0.1, -0.05) is 0 Å². The Morgan fingerprint density at radius 1 is 1.29 bits per heavy atom. The van der Waals surface area contributed by atoms with E-state index in [9.17, 15) is 9.59 Å². The van der Waals surface area contributed by atoms with E-state index in [1.54, 1.807) is 35.0 Å². The van der Waals surface area contributed by atoms with E-state index in [-0.39, 0.29) is 11.4 Å². The smallest absolute Gasteiger partial charge is 0.415 e. The number of aromatic nitrogens is 1. The van der Waals surface area contributed by atoms with Gasteiger partial charge in [0.2, 0.25) is 0 Å². The van der Waals surface area contributed by atoms with Crippen LogP contribution in [0.15, 0.2) is 18.3 Å². The molecule has 0 aliphatic heterocycles. The second kappa shape index (κ2) is 8.21. The number of carbonyl (C=O) groups excluding carboxylic acids is 1. The summed E-state index contributed by atoms with van der Waals surface area (Å²) >= 11 is 0. The van der Waals surface area contributed by atoms with Crippen LogP contribution in [0.3, 0.4) is 0 Å². The van der Waals surface area contributed by atoms with E-state index < -0.39 is 17.7 Å². The molecule has 0 bridgehead atoms. The molecule has 0 radical (unpaired) electrons. The van der Waals surface area contributed by atoms with E-state index in [0.29, 0.717) is 0 Å². The molecular weight excluding hydrogens is 276 g/mol. The van der Waals surface area contributed by atoms with Crippen molar-refractivity contribution >= 4 is 17.9 Å². The summed E-state index contributed by atoms with van der Waals surface area (Å²) < 4.78 is 9.40. The third-order valence-electron chi connectivity index (χ3n) is 2.00. The monoisotopic (exact) mass is 298 g/mol. The van der Waals surface area contributed by atoms with Gasteiger partial charge in [0.1, 0.15) is 11.4 Å². The van der Waals surface area contributed by atoms with Crippen LogP contribution in [0.2, 0.25) is 0 Å². The number of pyridine rings is 1. The van der Waals surface area contributed by atoms with Crippen molar-refractivity contribution in [3.05, 3.63) is 23.9 Å². The second-order valence-corrected chi connectivity index (χ2v) is 5.16. The Labute approximate surface area is 124 Å². The largest absolute Gasteiger partial charge is 0.478 e. The van der Waals surface area contributed by atoms with Crippen LogP contribution < -0.4 is 4.90 Å². The summed E-state index contributed by atoms with van der Waals surface area (Å²) in [5.41, 5.74) is -0.550. The van der Waals surface area contributed by atoms with Crippen molar-refractivity contribution in [3.63, 3.8) is 0 Å². The van der Waals surface area contributed by atoms with E-state index in [1.165, 1.54) is 25.4 Å². The van der Waals surface area contributed by atoms with Crippen LogP contribution in [0, 0.1) is 0 Å². The molecule has 21 heavy (non-hydrogen) atoms. The van der Waals surface area contributed by atoms with E-state index in [2.05, 4.69) is 9.72 Å². The summed E-state index contributed by atoms with van der Waals surface area (Å²) in [6.45, 7) is 5.25.